The van der Waals surface area contributed by atoms with Crippen molar-refractivity contribution in [1.29, 1.82) is 0 Å². The van der Waals surface area contributed by atoms with E-state index in [4.69, 9.17) is 10.5 Å². The van der Waals surface area contributed by atoms with Crippen molar-refractivity contribution in [2.45, 2.75) is 39.0 Å². The number of carbonyl (C=O) groups excluding carboxylic acids is 1. The zero-order valence-corrected chi connectivity index (χ0v) is 18.5. The summed E-state index contributed by atoms with van der Waals surface area (Å²) in [6.07, 6.45) is 1.15. The fourth-order valence-corrected chi connectivity index (χ4v) is 4.38. The third-order valence-corrected chi connectivity index (χ3v) is 5.51. The third kappa shape index (κ3) is 6.94. The second kappa shape index (κ2) is 11.3. The Hall–Kier alpha value is -0.810. The predicted molar refractivity (Wildman–Crippen MR) is 115 cm³/mol. The molecule has 0 saturated carbocycles. The molecule has 1 aliphatic rings. The van der Waals surface area contributed by atoms with Gasteiger partial charge in [0.05, 0.1) is 22.9 Å². The molecule has 0 aromatic carbocycles. The van der Waals surface area contributed by atoms with Gasteiger partial charge < -0.3 is 10.5 Å². The minimum atomic E-state index is -0.228. The van der Waals surface area contributed by atoms with Gasteiger partial charge in [-0.05, 0) is 20.4 Å². The summed E-state index contributed by atoms with van der Waals surface area (Å²) >= 11 is 2.89. The molecular weight excluding hydrogens is 429 g/mol. The normalized spacial score (nSPS) is 19.8. The lowest BCUT2D eigenvalue weighted by molar-refractivity contribution is -0.0707. The number of amides is 1. The standard InChI is InChI=1S/C16H23N5O2S2.2ClH/c1-10-5-21(6-11(2)23-10)7-12-8-25-16(18-12)20-15(22)13-9-24-14(19-13)3-4-17;;/h8-11H,3-7,17H2,1-2H3,(H,18,20,22);2*1H. The lowest BCUT2D eigenvalue weighted by atomic mass is 10.2. The first-order chi connectivity index (χ1) is 12.0. The van der Waals surface area contributed by atoms with Crippen LogP contribution in [-0.2, 0) is 17.7 Å². The maximum Gasteiger partial charge on any atom is 0.276 e. The fourth-order valence-electron chi connectivity index (χ4n) is 2.89. The molecule has 27 heavy (non-hydrogen) atoms. The number of anilines is 1. The summed E-state index contributed by atoms with van der Waals surface area (Å²) in [7, 11) is 0. The SMILES string of the molecule is CC1CN(Cc2csc(NC(=O)c3csc(CCN)n3)n2)CC(C)O1.Cl.Cl. The minimum Gasteiger partial charge on any atom is -0.373 e. The van der Waals surface area contributed by atoms with Crippen molar-refractivity contribution in [2.24, 2.45) is 5.73 Å². The van der Waals surface area contributed by atoms with E-state index in [1.54, 1.807) is 5.38 Å². The molecule has 3 N–H and O–H groups in total. The molecular formula is C16H25Cl2N5O2S2. The predicted octanol–water partition coefficient (Wildman–Crippen LogP) is 2.81. The number of aromatic nitrogens is 2. The molecule has 1 fully saturated rings. The lowest BCUT2D eigenvalue weighted by Crippen LogP contribution is -2.44. The lowest BCUT2D eigenvalue weighted by Gasteiger charge is -2.34. The summed E-state index contributed by atoms with van der Waals surface area (Å²) in [5.74, 6) is -0.228. The number of ether oxygens (including phenoxy) is 1. The number of rotatable bonds is 6. The Morgan fingerprint density at radius 2 is 1.96 bits per heavy atom. The summed E-state index contributed by atoms with van der Waals surface area (Å²) < 4.78 is 5.75. The Morgan fingerprint density at radius 1 is 1.26 bits per heavy atom. The van der Waals surface area contributed by atoms with Crippen molar-refractivity contribution in [3.05, 3.63) is 27.2 Å². The van der Waals surface area contributed by atoms with Crippen LogP contribution in [0.2, 0.25) is 0 Å². The molecule has 1 saturated heterocycles. The molecule has 2 aromatic rings. The number of hydrogen-bond acceptors (Lipinski definition) is 8. The highest BCUT2D eigenvalue weighted by Gasteiger charge is 2.23. The van der Waals surface area contributed by atoms with E-state index in [0.29, 0.717) is 23.8 Å². The Balaban J connectivity index is 0.00000182. The third-order valence-electron chi connectivity index (χ3n) is 3.80. The summed E-state index contributed by atoms with van der Waals surface area (Å²) in [6, 6.07) is 0. The molecule has 7 nitrogen and oxygen atoms in total. The van der Waals surface area contributed by atoms with Gasteiger partial charge in [0.2, 0.25) is 0 Å². The molecule has 0 radical (unpaired) electrons. The highest BCUT2D eigenvalue weighted by atomic mass is 35.5. The van der Waals surface area contributed by atoms with Gasteiger partial charge in [-0.1, -0.05) is 0 Å². The highest BCUT2D eigenvalue weighted by Crippen LogP contribution is 2.20. The number of morpholine rings is 1. The van der Waals surface area contributed by atoms with E-state index in [1.807, 2.05) is 5.38 Å². The van der Waals surface area contributed by atoms with Gasteiger partial charge in [-0.3, -0.25) is 15.0 Å². The van der Waals surface area contributed by atoms with Crippen molar-refractivity contribution < 1.29 is 9.53 Å². The van der Waals surface area contributed by atoms with Crippen LogP contribution in [0.5, 0.6) is 0 Å². The summed E-state index contributed by atoms with van der Waals surface area (Å²) in [4.78, 5) is 23.4. The van der Waals surface area contributed by atoms with Gasteiger partial charge in [0, 0.05) is 36.8 Å². The molecule has 2 aromatic heterocycles. The fraction of sp³-hybridized carbons (Fsp3) is 0.562. The van der Waals surface area contributed by atoms with Gasteiger partial charge >= 0.3 is 0 Å². The molecule has 1 aliphatic heterocycles. The van der Waals surface area contributed by atoms with Crippen LogP contribution in [0.25, 0.3) is 0 Å². The van der Waals surface area contributed by atoms with Crippen LogP contribution < -0.4 is 11.1 Å². The Kier molecular flexibility index (Phi) is 10.1. The molecule has 11 heteroatoms. The van der Waals surface area contributed by atoms with Crippen LogP contribution in [0, 0.1) is 0 Å². The molecule has 3 heterocycles. The number of thiazole rings is 2. The van der Waals surface area contributed by atoms with Gasteiger partial charge in [-0.25, -0.2) is 9.97 Å². The van der Waals surface area contributed by atoms with E-state index >= 15 is 0 Å². The number of halogens is 2. The second-order valence-electron chi connectivity index (χ2n) is 6.21. The molecule has 152 valence electrons. The Bertz CT molecular complexity index is 717. The molecule has 0 bridgehead atoms. The Morgan fingerprint density at radius 3 is 2.63 bits per heavy atom. The summed E-state index contributed by atoms with van der Waals surface area (Å²) in [5.41, 5.74) is 6.89. The van der Waals surface area contributed by atoms with Crippen molar-refractivity contribution in [3.63, 3.8) is 0 Å². The molecule has 0 spiro atoms. The van der Waals surface area contributed by atoms with Crippen molar-refractivity contribution in [3.8, 4) is 0 Å². The van der Waals surface area contributed by atoms with Crippen molar-refractivity contribution in [2.75, 3.05) is 25.0 Å². The summed E-state index contributed by atoms with van der Waals surface area (Å²) in [6.45, 7) is 7.26. The number of nitrogens with zero attached hydrogens (tertiary/aromatic N) is 3. The van der Waals surface area contributed by atoms with Crippen molar-refractivity contribution in [1.82, 2.24) is 14.9 Å². The average molecular weight is 454 g/mol. The minimum absolute atomic E-state index is 0. The van der Waals surface area contributed by atoms with Crippen LogP contribution in [0.3, 0.4) is 0 Å². The molecule has 1 amide bonds. The largest absolute Gasteiger partial charge is 0.373 e. The quantitative estimate of drug-likeness (QED) is 0.697. The Labute approximate surface area is 179 Å². The maximum atomic E-state index is 12.3. The van der Waals surface area contributed by atoms with Gasteiger partial charge in [0.1, 0.15) is 5.69 Å². The average Bonchev–Trinajstić information content (AvgIpc) is 3.16. The zero-order chi connectivity index (χ0) is 17.8. The molecule has 2 unspecified atom stereocenters. The number of hydrogen-bond donors (Lipinski definition) is 2. The number of carbonyl (C=O) groups is 1. The first-order valence-electron chi connectivity index (χ1n) is 8.31. The van der Waals surface area contributed by atoms with Gasteiger partial charge in [0.25, 0.3) is 5.91 Å². The zero-order valence-electron chi connectivity index (χ0n) is 15.2. The first-order valence-corrected chi connectivity index (χ1v) is 10.1. The van der Waals surface area contributed by atoms with Crippen LogP contribution in [0.1, 0.15) is 35.0 Å². The van der Waals surface area contributed by atoms with Gasteiger partial charge in [0.15, 0.2) is 5.13 Å². The monoisotopic (exact) mass is 453 g/mol. The van der Waals surface area contributed by atoms with Crippen LogP contribution >= 0.6 is 47.5 Å². The van der Waals surface area contributed by atoms with Crippen LogP contribution in [0.4, 0.5) is 5.13 Å². The van der Waals surface area contributed by atoms with Gasteiger partial charge in [-0.15, -0.1) is 47.5 Å². The van der Waals surface area contributed by atoms with E-state index < -0.39 is 0 Å². The summed E-state index contributed by atoms with van der Waals surface area (Å²) in [5, 5.41) is 8.05. The number of nitrogens with one attached hydrogen (secondary N) is 1. The van der Waals surface area contributed by atoms with E-state index in [9.17, 15) is 4.79 Å². The molecule has 0 aliphatic carbocycles. The first kappa shape index (κ1) is 24.2. The highest BCUT2D eigenvalue weighted by molar-refractivity contribution is 7.14. The smallest absolute Gasteiger partial charge is 0.276 e. The molecule has 3 rings (SSSR count). The second-order valence-corrected chi connectivity index (χ2v) is 8.02. The van der Waals surface area contributed by atoms with E-state index in [2.05, 4.69) is 34.0 Å². The maximum absolute atomic E-state index is 12.3. The van der Waals surface area contributed by atoms with Crippen LogP contribution in [0.15, 0.2) is 10.8 Å². The molecule has 2 atom stereocenters. The van der Waals surface area contributed by atoms with Gasteiger partial charge in [-0.2, -0.15) is 0 Å². The van der Waals surface area contributed by atoms with E-state index in [0.717, 1.165) is 30.3 Å². The van der Waals surface area contributed by atoms with E-state index in [-0.39, 0.29) is 42.9 Å². The topological polar surface area (TPSA) is 93.4 Å². The number of nitrogens with two attached hydrogens (primary N) is 1. The van der Waals surface area contributed by atoms with E-state index in [1.165, 1.54) is 22.7 Å². The van der Waals surface area contributed by atoms with Crippen molar-refractivity contribution >= 4 is 58.5 Å². The van der Waals surface area contributed by atoms with Crippen LogP contribution in [-0.4, -0.2) is 52.6 Å².